The number of hydrogen-bond acceptors (Lipinski definition) is 2. The minimum atomic E-state index is 0. The van der Waals surface area contributed by atoms with Gasteiger partial charge in [0.2, 0.25) is 0 Å². The molecule has 0 N–H and O–H groups in total. The summed E-state index contributed by atoms with van der Waals surface area (Å²) in [6.07, 6.45) is 8.86. The number of rotatable bonds is 5. The third-order valence-electron chi connectivity index (χ3n) is 3.44. The van der Waals surface area contributed by atoms with Crippen LogP contribution in [0.2, 0.25) is 0 Å². The smallest absolute Gasteiger partial charge is 0.000844 e. The lowest BCUT2D eigenvalue weighted by Gasteiger charge is -2.26. The van der Waals surface area contributed by atoms with Gasteiger partial charge in [-0.25, -0.2) is 0 Å². The quantitative estimate of drug-likeness (QED) is 0.354. The molecule has 1 aliphatic rings. The molecule has 1 rings (SSSR count). The molecule has 1 saturated carbocycles. The summed E-state index contributed by atoms with van der Waals surface area (Å²) in [7, 11) is 3.85. The van der Waals surface area contributed by atoms with Gasteiger partial charge in [0, 0.05) is 11.5 Å². The molecule has 0 aromatic carbocycles. The van der Waals surface area contributed by atoms with E-state index in [9.17, 15) is 0 Å². The lowest BCUT2D eigenvalue weighted by atomic mass is 9.80. The molecule has 0 atom stereocenters. The summed E-state index contributed by atoms with van der Waals surface area (Å²) < 4.78 is 0. The van der Waals surface area contributed by atoms with Crippen molar-refractivity contribution in [3.05, 3.63) is 0 Å². The second-order valence-corrected chi connectivity index (χ2v) is 7.56. The first-order valence-corrected chi connectivity index (χ1v) is 9.51. The fourth-order valence-electron chi connectivity index (χ4n) is 2.21. The Bertz CT molecular complexity index is 114. The fourth-order valence-corrected chi connectivity index (χ4v) is 3.55. The second-order valence-electron chi connectivity index (χ2n) is 4.52. The Balaban J connectivity index is -0.0000000344. The Morgan fingerprint density at radius 2 is 0.773 bits per heavy atom. The van der Waals surface area contributed by atoms with E-state index in [-0.39, 0.29) is 44.6 Å². The lowest BCUT2D eigenvalue weighted by molar-refractivity contribution is 0.264. The SMILES string of the molecule is C.C.C.C.C.C.CCC1CCC(CC)CC1.CCSSCC. The van der Waals surface area contributed by atoms with Crippen molar-refractivity contribution in [2.24, 2.45) is 11.8 Å². The van der Waals surface area contributed by atoms with Gasteiger partial charge in [0.05, 0.1) is 0 Å². The van der Waals surface area contributed by atoms with E-state index in [1.54, 1.807) is 0 Å². The standard InChI is InChI=1S/C10H20.C4H10S2.6CH4/c1-3-9-5-7-10(4-2)8-6-9;1-3-5-6-4-2;;;;;;/h9-10H,3-8H2,1-2H3;3-4H2,1-2H3;6*1H4. The summed E-state index contributed by atoms with van der Waals surface area (Å²) in [5, 5.41) is 0. The maximum Gasteiger partial charge on any atom is 0.000844 e. The van der Waals surface area contributed by atoms with E-state index in [0.717, 1.165) is 11.8 Å². The molecule has 22 heavy (non-hydrogen) atoms. The Morgan fingerprint density at radius 1 is 0.545 bits per heavy atom. The minimum absolute atomic E-state index is 0. The van der Waals surface area contributed by atoms with E-state index in [2.05, 4.69) is 27.7 Å². The van der Waals surface area contributed by atoms with Crippen molar-refractivity contribution in [1.82, 2.24) is 0 Å². The highest BCUT2D eigenvalue weighted by atomic mass is 33.1. The maximum atomic E-state index is 2.33. The molecule has 0 radical (unpaired) electrons. The van der Waals surface area contributed by atoms with Gasteiger partial charge < -0.3 is 0 Å². The molecule has 0 heterocycles. The van der Waals surface area contributed by atoms with Crippen LogP contribution in [0.5, 0.6) is 0 Å². The zero-order valence-corrected chi connectivity index (χ0v) is 13.3. The van der Waals surface area contributed by atoms with E-state index in [1.165, 1.54) is 50.0 Å². The van der Waals surface area contributed by atoms with Crippen LogP contribution in [0.15, 0.2) is 0 Å². The van der Waals surface area contributed by atoms with Crippen LogP contribution >= 0.6 is 21.6 Å². The van der Waals surface area contributed by atoms with Crippen LogP contribution in [0.1, 0.15) is 111 Å². The highest BCUT2D eigenvalue weighted by molar-refractivity contribution is 8.76. The molecular weight excluding hydrogens is 304 g/mol. The van der Waals surface area contributed by atoms with Gasteiger partial charge >= 0.3 is 0 Å². The van der Waals surface area contributed by atoms with Gasteiger partial charge in [-0.15, -0.1) is 0 Å². The monoisotopic (exact) mass is 358 g/mol. The fraction of sp³-hybridized carbons (Fsp3) is 1.00. The predicted molar refractivity (Wildman–Crippen MR) is 123 cm³/mol. The molecule has 1 aliphatic carbocycles. The average molecular weight is 359 g/mol. The first-order chi connectivity index (χ1) is 7.78. The molecule has 0 saturated heterocycles. The van der Waals surface area contributed by atoms with Crippen molar-refractivity contribution in [2.45, 2.75) is 111 Å². The van der Waals surface area contributed by atoms with Crippen LogP contribution in [0.4, 0.5) is 0 Å². The van der Waals surface area contributed by atoms with Crippen molar-refractivity contribution >= 4 is 21.6 Å². The lowest BCUT2D eigenvalue weighted by Crippen LogP contribution is -2.12. The van der Waals surface area contributed by atoms with Gasteiger partial charge in [-0.2, -0.15) is 0 Å². The third kappa shape index (κ3) is 25.6. The zero-order valence-electron chi connectivity index (χ0n) is 11.6. The van der Waals surface area contributed by atoms with Gasteiger partial charge in [0.15, 0.2) is 0 Å². The summed E-state index contributed by atoms with van der Waals surface area (Å²) in [5.74, 6) is 4.61. The second kappa shape index (κ2) is 33.3. The van der Waals surface area contributed by atoms with Gasteiger partial charge in [-0.3, -0.25) is 0 Å². The molecule has 0 aliphatic heterocycles. The van der Waals surface area contributed by atoms with Crippen LogP contribution < -0.4 is 0 Å². The summed E-state index contributed by atoms with van der Waals surface area (Å²) >= 11 is 0. The van der Waals surface area contributed by atoms with Crippen molar-refractivity contribution in [1.29, 1.82) is 0 Å². The van der Waals surface area contributed by atoms with Crippen LogP contribution in [0.25, 0.3) is 0 Å². The minimum Gasteiger partial charge on any atom is -0.0945 e. The van der Waals surface area contributed by atoms with Crippen molar-refractivity contribution in [3.63, 3.8) is 0 Å². The summed E-state index contributed by atoms with van der Waals surface area (Å²) in [6, 6.07) is 0. The maximum absolute atomic E-state index is 2.33. The first-order valence-electron chi connectivity index (χ1n) is 7.02. The van der Waals surface area contributed by atoms with Crippen LogP contribution in [0, 0.1) is 11.8 Å². The third-order valence-corrected chi connectivity index (χ3v) is 5.99. The highest BCUT2D eigenvalue weighted by Gasteiger charge is 2.17. The van der Waals surface area contributed by atoms with Crippen molar-refractivity contribution in [2.75, 3.05) is 11.5 Å². The largest absolute Gasteiger partial charge is 0.0945 e. The molecule has 0 unspecified atom stereocenters. The van der Waals surface area contributed by atoms with Crippen LogP contribution in [-0.4, -0.2) is 11.5 Å². The van der Waals surface area contributed by atoms with Crippen molar-refractivity contribution < 1.29 is 0 Å². The Hall–Kier alpha value is 0.700. The zero-order chi connectivity index (χ0) is 12.2. The summed E-state index contributed by atoms with van der Waals surface area (Å²) in [4.78, 5) is 0. The Morgan fingerprint density at radius 3 is 0.909 bits per heavy atom. The molecular formula is C20H54S2. The van der Waals surface area contributed by atoms with E-state index < -0.39 is 0 Å². The summed E-state index contributed by atoms with van der Waals surface area (Å²) in [5.41, 5.74) is 0. The van der Waals surface area contributed by atoms with E-state index in [1.807, 2.05) is 21.6 Å². The van der Waals surface area contributed by atoms with Crippen molar-refractivity contribution in [3.8, 4) is 0 Å². The highest BCUT2D eigenvalue weighted by Crippen LogP contribution is 2.31. The Labute approximate surface area is 155 Å². The topological polar surface area (TPSA) is 0 Å². The van der Waals surface area contributed by atoms with Gasteiger partial charge in [0.25, 0.3) is 0 Å². The summed E-state index contributed by atoms with van der Waals surface area (Å²) in [6.45, 7) is 9.01. The first kappa shape index (κ1) is 43.4. The van der Waals surface area contributed by atoms with Gasteiger partial charge in [-0.1, -0.05) is 132 Å². The molecule has 0 aromatic rings. The van der Waals surface area contributed by atoms with E-state index in [0.29, 0.717) is 0 Å². The molecule has 0 bridgehead atoms. The number of hydrogen-bond donors (Lipinski definition) is 0. The molecule has 0 amide bonds. The molecule has 1 fully saturated rings. The molecule has 0 nitrogen and oxygen atoms in total. The predicted octanol–water partition coefficient (Wildman–Crippen LogP) is 9.84. The normalized spacial score (nSPS) is 18.0. The average Bonchev–Trinajstić information content (AvgIpc) is 2.37. The van der Waals surface area contributed by atoms with Crippen LogP contribution in [0.3, 0.4) is 0 Å². The molecule has 0 aromatic heterocycles. The van der Waals surface area contributed by atoms with E-state index >= 15 is 0 Å². The van der Waals surface area contributed by atoms with E-state index in [4.69, 9.17) is 0 Å². The van der Waals surface area contributed by atoms with Gasteiger partial charge in [0.1, 0.15) is 0 Å². The molecule has 2 heteroatoms. The van der Waals surface area contributed by atoms with Gasteiger partial charge in [-0.05, 0) is 11.8 Å². The Kier molecular flexibility index (Phi) is 65.7. The molecule has 0 spiro atoms. The van der Waals surface area contributed by atoms with Crippen LogP contribution in [-0.2, 0) is 0 Å². The molecule has 146 valence electrons.